The Kier molecular flexibility index (Phi) is 7.30. The SMILES string of the molecule is COCCN(CCS(=O)(=O)c1ccc(Br)cc1)CC(=O)O. The molecular formula is C13H18BrNO5S. The Labute approximate surface area is 132 Å². The van der Waals surface area contributed by atoms with Gasteiger partial charge in [-0.3, -0.25) is 9.69 Å². The number of rotatable bonds is 9. The van der Waals surface area contributed by atoms with Crippen molar-refractivity contribution in [2.75, 3.05) is 39.1 Å². The molecule has 1 aromatic carbocycles. The lowest BCUT2D eigenvalue weighted by molar-refractivity contribution is -0.138. The number of hydrogen-bond acceptors (Lipinski definition) is 5. The predicted octanol–water partition coefficient (Wildman–Crippen LogP) is 1.26. The third-order valence-corrected chi connectivity index (χ3v) is 5.06. The maximum Gasteiger partial charge on any atom is 0.317 e. The molecule has 0 atom stereocenters. The Morgan fingerprint density at radius 2 is 1.90 bits per heavy atom. The fourth-order valence-corrected chi connectivity index (χ4v) is 3.24. The van der Waals surface area contributed by atoms with E-state index < -0.39 is 15.8 Å². The van der Waals surface area contributed by atoms with E-state index in [9.17, 15) is 13.2 Å². The van der Waals surface area contributed by atoms with Crippen LogP contribution in [0.4, 0.5) is 0 Å². The van der Waals surface area contributed by atoms with E-state index >= 15 is 0 Å². The van der Waals surface area contributed by atoms with E-state index in [-0.39, 0.29) is 23.7 Å². The van der Waals surface area contributed by atoms with Crippen molar-refractivity contribution in [3.8, 4) is 0 Å². The molecular weight excluding hydrogens is 362 g/mol. The van der Waals surface area contributed by atoms with Crippen molar-refractivity contribution in [3.05, 3.63) is 28.7 Å². The third kappa shape index (κ3) is 6.56. The molecule has 6 nitrogen and oxygen atoms in total. The molecule has 0 aliphatic carbocycles. The summed E-state index contributed by atoms with van der Waals surface area (Å²) in [5.41, 5.74) is 0. The summed E-state index contributed by atoms with van der Waals surface area (Å²) < 4.78 is 30.1. The number of ether oxygens (including phenoxy) is 1. The molecule has 1 N–H and O–H groups in total. The molecule has 0 spiro atoms. The molecule has 0 aliphatic heterocycles. The Bertz CT molecular complexity index is 558. The lowest BCUT2D eigenvalue weighted by atomic mass is 10.4. The van der Waals surface area contributed by atoms with Gasteiger partial charge in [0.15, 0.2) is 9.84 Å². The zero-order valence-corrected chi connectivity index (χ0v) is 14.1. The van der Waals surface area contributed by atoms with Crippen LogP contribution in [0.25, 0.3) is 0 Å². The quantitative estimate of drug-likeness (QED) is 0.695. The molecule has 0 bridgehead atoms. The van der Waals surface area contributed by atoms with E-state index in [1.54, 1.807) is 17.0 Å². The molecule has 0 aliphatic rings. The van der Waals surface area contributed by atoms with Crippen LogP contribution in [0.1, 0.15) is 0 Å². The molecule has 8 heteroatoms. The van der Waals surface area contributed by atoms with Crippen LogP contribution >= 0.6 is 15.9 Å². The molecule has 1 rings (SSSR count). The molecule has 0 fully saturated rings. The molecule has 118 valence electrons. The minimum atomic E-state index is -3.43. The summed E-state index contributed by atoms with van der Waals surface area (Å²) in [6.45, 7) is 0.664. The number of methoxy groups -OCH3 is 1. The van der Waals surface area contributed by atoms with E-state index in [1.807, 2.05) is 0 Å². The van der Waals surface area contributed by atoms with Gasteiger partial charge in [-0.15, -0.1) is 0 Å². The van der Waals surface area contributed by atoms with Gasteiger partial charge in [0.25, 0.3) is 0 Å². The largest absolute Gasteiger partial charge is 0.480 e. The second kappa shape index (κ2) is 8.47. The highest BCUT2D eigenvalue weighted by molar-refractivity contribution is 9.10. The van der Waals surface area contributed by atoms with Gasteiger partial charge in [-0.05, 0) is 24.3 Å². The molecule has 0 heterocycles. The highest BCUT2D eigenvalue weighted by atomic mass is 79.9. The van der Waals surface area contributed by atoms with Gasteiger partial charge in [0.1, 0.15) is 0 Å². The van der Waals surface area contributed by atoms with E-state index in [0.717, 1.165) is 4.47 Å². The van der Waals surface area contributed by atoms with Crippen molar-refractivity contribution in [2.45, 2.75) is 4.90 Å². The normalized spacial score (nSPS) is 11.8. The summed E-state index contributed by atoms with van der Waals surface area (Å²) >= 11 is 3.25. The van der Waals surface area contributed by atoms with Crippen LogP contribution in [-0.4, -0.2) is 63.5 Å². The first kappa shape index (κ1) is 18.1. The number of hydrogen-bond donors (Lipinski definition) is 1. The van der Waals surface area contributed by atoms with E-state index in [4.69, 9.17) is 9.84 Å². The maximum absolute atomic E-state index is 12.2. The minimum Gasteiger partial charge on any atom is -0.480 e. The van der Waals surface area contributed by atoms with Crippen LogP contribution in [0.15, 0.2) is 33.6 Å². The highest BCUT2D eigenvalue weighted by Gasteiger charge is 2.17. The molecule has 0 unspecified atom stereocenters. The second-order valence-corrected chi connectivity index (χ2v) is 7.46. The molecule has 0 radical (unpaired) electrons. The number of benzene rings is 1. The van der Waals surface area contributed by atoms with Crippen LogP contribution in [-0.2, 0) is 19.4 Å². The van der Waals surface area contributed by atoms with Crippen LogP contribution in [0, 0.1) is 0 Å². The van der Waals surface area contributed by atoms with E-state index in [1.165, 1.54) is 19.2 Å². The zero-order valence-electron chi connectivity index (χ0n) is 11.7. The first-order valence-corrected chi connectivity index (χ1v) is 8.71. The van der Waals surface area contributed by atoms with Crippen molar-refractivity contribution in [1.29, 1.82) is 0 Å². The molecule has 1 aromatic rings. The maximum atomic E-state index is 12.2. The summed E-state index contributed by atoms with van der Waals surface area (Å²) in [6.07, 6.45) is 0. The average molecular weight is 380 g/mol. The van der Waals surface area contributed by atoms with Crippen LogP contribution in [0.2, 0.25) is 0 Å². The van der Waals surface area contributed by atoms with Crippen molar-refractivity contribution < 1.29 is 23.1 Å². The second-order valence-electron chi connectivity index (χ2n) is 4.44. The van der Waals surface area contributed by atoms with Crippen LogP contribution < -0.4 is 0 Å². The summed E-state index contributed by atoms with van der Waals surface area (Å²) in [6, 6.07) is 6.37. The zero-order chi connectivity index (χ0) is 15.9. The fourth-order valence-electron chi connectivity index (χ4n) is 1.69. The van der Waals surface area contributed by atoms with Gasteiger partial charge in [0.2, 0.25) is 0 Å². The Morgan fingerprint density at radius 3 is 2.43 bits per heavy atom. The molecule has 0 saturated heterocycles. The summed E-state index contributed by atoms with van der Waals surface area (Å²) in [7, 11) is -1.92. The first-order chi connectivity index (χ1) is 9.85. The van der Waals surface area contributed by atoms with Crippen LogP contribution in [0.3, 0.4) is 0 Å². The van der Waals surface area contributed by atoms with Crippen LogP contribution in [0.5, 0.6) is 0 Å². The minimum absolute atomic E-state index is 0.133. The van der Waals surface area contributed by atoms with Gasteiger partial charge in [0, 0.05) is 24.7 Å². The van der Waals surface area contributed by atoms with E-state index in [0.29, 0.717) is 13.2 Å². The number of carboxylic acids is 1. The molecule has 0 aromatic heterocycles. The van der Waals surface area contributed by atoms with Crippen molar-refractivity contribution >= 4 is 31.7 Å². The predicted molar refractivity (Wildman–Crippen MR) is 82.1 cm³/mol. The average Bonchev–Trinajstić information content (AvgIpc) is 2.42. The Hall–Kier alpha value is -0.960. The third-order valence-electron chi connectivity index (χ3n) is 2.82. The summed E-state index contributed by atoms with van der Waals surface area (Å²) in [5, 5.41) is 8.82. The summed E-state index contributed by atoms with van der Waals surface area (Å²) in [4.78, 5) is 12.5. The van der Waals surface area contributed by atoms with E-state index in [2.05, 4.69) is 15.9 Å². The Morgan fingerprint density at radius 1 is 1.29 bits per heavy atom. The summed E-state index contributed by atoms with van der Waals surface area (Å²) in [5.74, 6) is -1.13. The van der Waals surface area contributed by atoms with Gasteiger partial charge >= 0.3 is 5.97 Å². The number of carboxylic acid groups (broad SMARTS) is 1. The fraction of sp³-hybridized carbons (Fsp3) is 0.462. The first-order valence-electron chi connectivity index (χ1n) is 6.26. The van der Waals surface area contributed by atoms with Gasteiger partial charge in [-0.1, -0.05) is 15.9 Å². The topological polar surface area (TPSA) is 83.9 Å². The van der Waals surface area contributed by atoms with Gasteiger partial charge < -0.3 is 9.84 Å². The number of nitrogens with zero attached hydrogens (tertiary/aromatic N) is 1. The molecule has 0 saturated carbocycles. The lowest BCUT2D eigenvalue weighted by Gasteiger charge is -2.19. The lowest BCUT2D eigenvalue weighted by Crippen LogP contribution is -2.36. The number of carbonyl (C=O) groups is 1. The van der Waals surface area contributed by atoms with Gasteiger partial charge in [-0.25, -0.2) is 8.42 Å². The van der Waals surface area contributed by atoms with Gasteiger partial charge in [-0.2, -0.15) is 0 Å². The van der Waals surface area contributed by atoms with Crippen molar-refractivity contribution in [2.24, 2.45) is 0 Å². The monoisotopic (exact) mass is 379 g/mol. The number of sulfone groups is 1. The number of halogens is 1. The number of aliphatic carboxylic acids is 1. The molecule has 21 heavy (non-hydrogen) atoms. The smallest absolute Gasteiger partial charge is 0.317 e. The van der Waals surface area contributed by atoms with Crippen molar-refractivity contribution in [1.82, 2.24) is 4.90 Å². The molecule has 0 amide bonds. The van der Waals surface area contributed by atoms with Gasteiger partial charge in [0.05, 0.1) is 23.8 Å². The highest BCUT2D eigenvalue weighted by Crippen LogP contribution is 2.16. The Balaban J connectivity index is 2.68. The van der Waals surface area contributed by atoms with Crippen molar-refractivity contribution in [3.63, 3.8) is 0 Å². The standard InChI is InChI=1S/C13H18BrNO5S/c1-20-8-6-15(10-13(16)17)7-9-21(18,19)12-4-2-11(14)3-5-12/h2-5H,6-10H2,1H3,(H,16,17).